The summed E-state index contributed by atoms with van der Waals surface area (Å²) in [6.07, 6.45) is 2.23. The van der Waals surface area contributed by atoms with Crippen LogP contribution in [-0.4, -0.2) is 32.0 Å². The number of alkyl halides is 2. The second-order valence-electron chi connectivity index (χ2n) is 3.75. The largest absolute Gasteiger partial charge is 0.387 e. The zero-order chi connectivity index (χ0) is 11.1. The monoisotopic (exact) mass is 220 g/mol. The fraction of sp³-hybridized carbons (Fsp3) is 0.900. The van der Waals surface area contributed by atoms with E-state index in [0.717, 1.165) is 12.8 Å². The molecule has 15 heavy (non-hydrogen) atoms. The molecule has 1 rings (SSSR count). The number of hydrogen-bond donors (Lipinski definition) is 1. The van der Waals surface area contributed by atoms with Crippen molar-refractivity contribution in [3.8, 4) is 0 Å². The summed E-state index contributed by atoms with van der Waals surface area (Å²) in [5.41, 5.74) is 5.77. The molecule has 0 aliphatic heterocycles. The number of amidine groups is 1. The minimum atomic E-state index is -2.40. The molecule has 0 unspecified atom stereocenters. The van der Waals surface area contributed by atoms with Gasteiger partial charge in [0.2, 0.25) is 0 Å². The van der Waals surface area contributed by atoms with Crippen molar-refractivity contribution in [2.75, 3.05) is 19.8 Å². The van der Waals surface area contributed by atoms with Gasteiger partial charge in [0, 0.05) is 5.92 Å². The molecule has 3 nitrogen and oxygen atoms in total. The van der Waals surface area contributed by atoms with Gasteiger partial charge in [-0.15, -0.1) is 0 Å². The van der Waals surface area contributed by atoms with Gasteiger partial charge in [-0.3, -0.25) is 4.99 Å². The smallest absolute Gasteiger partial charge is 0.261 e. The minimum absolute atomic E-state index is 0.220. The van der Waals surface area contributed by atoms with Crippen molar-refractivity contribution in [1.82, 2.24) is 0 Å². The van der Waals surface area contributed by atoms with E-state index in [1.54, 1.807) is 0 Å². The number of aliphatic imine (C=N–C) groups is 1. The van der Waals surface area contributed by atoms with Gasteiger partial charge in [0.15, 0.2) is 0 Å². The van der Waals surface area contributed by atoms with E-state index in [4.69, 9.17) is 10.5 Å². The summed E-state index contributed by atoms with van der Waals surface area (Å²) in [7, 11) is 0. The Bertz CT molecular complexity index is 204. The van der Waals surface area contributed by atoms with Crippen molar-refractivity contribution >= 4 is 5.84 Å². The Labute approximate surface area is 88.7 Å². The van der Waals surface area contributed by atoms with Gasteiger partial charge < -0.3 is 10.5 Å². The maximum absolute atomic E-state index is 11.7. The first-order valence-electron chi connectivity index (χ1n) is 5.36. The molecule has 1 aliphatic rings. The Morgan fingerprint density at radius 1 is 1.40 bits per heavy atom. The molecular formula is C10H18F2N2O. The number of hydrogen-bond acceptors (Lipinski definition) is 2. The van der Waals surface area contributed by atoms with Crippen molar-refractivity contribution in [3.05, 3.63) is 0 Å². The highest BCUT2D eigenvalue weighted by Crippen LogP contribution is 2.24. The number of ether oxygens (including phenoxy) is 1. The standard InChI is InChI=1S/C10H18F2N2O/c11-9(12)7-15-6-5-14-10(13)8-3-1-2-4-8/h8-9H,1-7H2,(H2,13,14). The van der Waals surface area contributed by atoms with Crippen molar-refractivity contribution < 1.29 is 13.5 Å². The lowest BCUT2D eigenvalue weighted by Crippen LogP contribution is -2.22. The Morgan fingerprint density at radius 2 is 2.07 bits per heavy atom. The Balaban J connectivity index is 2.08. The first-order chi connectivity index (χ1) is 7.20. The van der Waals surface area contributed by atoms with E-state index in [9.17, 15) is 8.78 Å². The average molecular weight is 220 g/mol. The quantitative estimate of drug-likeness (QED) is 0.421. The van der Waals surface area contributed by atoms with Crippen molar-refractivity contribution in [2.45, 2.75) is 32.1 Å². The molecule has 1 fully saturated rings. The van der Waals surface area contributed by atoms with Gasteiger partial charge in [0.1, 0.15) is 6.61 Å². The molecule has 5 heteroatoms. The highest BCUT2D eigenvalue weighted by atomic mass is 19.3. The van der Waals surface area contributed by atoms with E-state index >= 15 is 0 Å². The van der Waals surface area contributed by atoms with E-state index in [-0.39, 0.29) is 6.61 Å². The third kappa shape index (κ3) is 5.06. The zero-order valence-corrected chi connectivity index (χ0v) is 8.79. The lowest BCUT2D eigenvalue weighted by atomic mass is 10.1. The van der Waals surface area contributed by atoms with Crippen LogP contribution in [0.1, 0.15) is 25.7 Å². The van der Waals surface area contributed by atoms with Crippen molar-refractivity contribution in [2.24, 2.45) is 16.6 Å². The number of nitrogens with two attached hydrogens (primary N) is 1. The highest BCUT2D eigenvalue weighted by Gasteiger charge is 2.17. The summed E-state index contributed by atoms with van der Waals surface area (Å²) in [4.78, 5) is 4.13. The van der Waals surface area contributed by atoms with Gasteiger partial charge >= 0.3 is 0 Å². The molecule has 0 heterocycles. The fourth-order valence-electron chi connectivity index (χ4n) is 1.76. The predicted octanol–water partition coefficient (Wildman–Crippen LogP) is 1.82. The lowest BCUT2D eigenvalue weighted by Gasteiger charge is -2.08. The second kappa shape index (κ2) is 6.71. The molecule has 0 radical (unpaired) electrons. The van der Waals surface area contributed by atoms with Gasteiger partial charge in [-0.25, -0.2) is 8.78 Å². The minimum Gasteiger partial charge on any atom is -0.387 e. The summed E-state index contributed by atoms with van der Waals surface area (Å²) >= 11 is 0. The predicted molar refractivity (Wildman–Crippen MR) is 55.3 cm³/mol. The average Bonchev–Trinajstić information content (AvgIpc) is 2.69. The molecule has 1 aliphatic carbocycles. The third-order valence-electron chi connectivity index (χ3n) is 2.55. The summed E-state index contributed by atoms with van der Waals surface area (Å²) in [6, 6.07) is 0. The topological polar surface area (TPSA) is 47.6 Å². The molecule has 0 atom stereocenters. The van der Waals surface area contributed by atoms with E-state index in [0.29, 0.717) is 18.3 Å². The van der Waals surface area contributed by atoms with Crippen LogP contribution in [0.4, 0.5) is 8.78 Å². The second-order valence-corrected chi connectivity index (χ2v) is 3.75. The van der Waals surface area contributed by atoms with E-state index < -0.39 is 13.0 Å². The third-order valence-corrected chi connectivity index (χ3v) is 2.55. The maximum atomic E-state index is 11.7. The molecule has 0 aromatic rings. The van der Waals surface area contributed by atoms with Crippen LogP contribution in [0.3, 0.4) is 0 Å². The van der Waals surface area contributed by atoms with Crippen molar-refractivity contribution in [3.63, 3.8) is 0 Å². The van der Waals surface area contributed by atoms with Crippen LogP contribution in [0.2, 0.25) is 0 Å². The van der Waals surface area contributed by atoms with Crippen LogP contribution < -0.4 is 5.73 Å². The van der Waals surface area contributed by atoms with Crippen molar-refractivity contribution in [1.29, 1.82) is 0 Å². The summed E-state index contributed by atoms with van der Waals surface area (Å²) < 4.78 is 28.1. The molecule has 0 amide bonds. The van der Waals surface area contributed by atoms with E-state index in [1.165, 1.54) is 12.8 Å². The SMILES string of the molecule is NC(=NCCOCC(F)F)C1CCCC1. The van der Waals surface area contributed by atoms with Gasteiger partial charge in [0.05, 0.1) is 19.0 Å². The first-order valence-corrected chi connectivity index (χ1v) is 5.36. The van der Waals surface area contributed by atoms with E-state index in [1.807, 2.05) is 0 Å². The fourth-order valence-corrected chi connectivity index (χ4v) is 1.76. The first kappa shape index (κ1) is 12.4. The molecule has 88 valence electrons. The van der Waals surface area contributed by atoms with Gasteiger partial charge in [-0.05, 0) is 12.8 Å². The number of halogens is 2. The lowest BCUT2D eigenvalue weighted by molar-refractivity contribution is 0.0207. The molecule has 0 saturated heterocycles. The number of rotatable bonds is 6. The summed E-state index contributed by atoms with van der Waals surface area (Å²) in [5.74, 6) is 1.06. The molecule has 0 aromatic carbocycles. The van der Waals surface area contributed by atoms with Gasteiger partial charge in [-0.2, -0.15) is 0 Å². The normalized spacial score (nSPS) is 19.0. The van der Waals surface area contributed by atoms with Gasteiger partial charge in [-0.1, -0.05) is 12.8 Å². The van der Waals surface area contributed by atoms with Crippen LogP contribution in [0.15, 0.2) is 4.99 Å². The molecule has 1 saturated carbocycles. The highest BCUT2D eigenvalue weighted by molar-refractivity contribution is 5.83. The summed E-state index contributed by atoms with van der Waals surface area (Å²) in [6.45, 7) is 0.0890. The van der Waals surface area contributed by atoms with Gasteiger partial charge in [0.25, 0.3) is 6.43 Å². The zero-order valence-electron chi connectivity index (χ0n) is 8.79. The Kier molecular flexibility index (Phi) is 5.53. The Hall–Kier alpha value is -0.710. The molecule has 0 spiro atoms. The van der Waals surface area contributed by atoms with Crippen LogP contribution >= 0.6 is 0 Å². The molecular weight excluding hydrogens is 202 g/mol. The van der Waals surface area contributed by atoms with Crippen LogP contribution in [-0.2, 0) is 4.74 Å². The molecule has 0 bridgehead atoms. The molecule has 0 aromatic heterocycles. The van der Waals surface area contributed by atoms with Crippen LogP contribution in [0.25, 0.3) is 0 Å². The Morgan fingerprint density at radius 3 is 2.67 bits per heavy atom. The molecule has 2 N–H and O–H groups in total. The maximum Gasteiger partial charge on any atom is 0.261 e. The van der Waals surface area contributed by atoms with E-state index in [2.05, 4.69) is 4.99 Å². The van der Waals surface area contributed by atoms with Crippen LogP contribution in [0.5, 0.6) is 0 Å². The summed E-state index contributed by atoms with van der Waals surface area (Å²) in [5, 5.41) is 0. The van der Waals surface area contributed by atoms with Crippen LogP contribution in [0, 0.1) is 5.92 Å². The number of nitrogens with zero attached hydrogens (tertiary/aromatic N) is 1.